The zero-order valence-corrected chi connectivity index (χ0v) is 15.1. The van der Waals surface area contributed by atoms with Gasteiger partial charge in [-0.1, -0.05) is 0 Å². The van der Waals surface area contributed by atoms with Gasteiger partial charge in [-0.25, -0.2) is 0 Å². The van der Waals surface area contributed by atoms with Gasteiger partial charge in [0, 0.05) is 29.0 Å². The third-order valence-corrected chi connectivity index (χ3v) is 5.41. The van der Waals surface area contributed by atoms with Gasteiger partial charge < -0.3 is 14.8 Å². The Morgan fingerprint density at radius 3 is 2.77 bits per heavy atom. The fourth-order valence-electron chi connectivity index (χ4n) is 3.02. The topological polar surface area (TPSA) is 64.6 Å². The number of anilines is 1. The number of Topliss-reactive ketones (excluding diaryl/α,β-unsaturated/α-hetero) is 1. The number of carbonyl (C=O) groups is 2. The standard InChI is InChI=1S/C20H19NO4S/c22-17(14-2-5-16-13(10-14)3-7-20(23)21-16)12-26-15-4-6-18-19(11-15)25-9-1-8-24-18/h2,4-6,10-11H,1,3,7-9,12H2,(H,21,23). The molecule has 0 saturated heterocycles. The molecule has 0 aliphatic carbocycles. The largest absolute Gasteiger partial charge is 0.490 e. The maximum Gasteiger partial charge on any atom is 0.224 e. The molecule has 0 unspecified atom stereocenters. The molecule has 0 aromatic heterocycles. The number of benzene rings is 2. The number of aryl methyl sites for hydroxylation is 1. The van der Waals surface area contributed by atoms with E-state index >= 15 is 0 Å². The molecule has 26 heavy (non-hydrogen) atoms. The van der Waals surface area contributed by atoms with Crippen molar-refractivity contribution in [3.8, 4) is 11.5 Å². The normalized spacial score (nSPS) is 15.6. The highest BCUT2D eigenvalue weighted by Gasteiger charge is 2.17. The molecule has 0 saturated carbocycles. The Labute approximate surface area is 156 Å². The van der Waals surface area contributed by atoms with Crippen LogP contribution in [-0.2, 0) is 11.2 Å². The fourth-order valence-corrected chi connectivity index (χ4v) is 3.84. The highest BCUT2D eigenvalue weighted by molar-refractivity contribution is 8.00. The lowest BCUT2D eigenvalue weighted by Gasteiger charge is -2.17. The van der Waals surface area contributed by atoms with Crippen molar-refractivity contribution in [3.63, 3.8) is 0 Å². The number of carbonyl (C=O) groups excluding carboxylic acids is 2. The van der Waals surface area contributed by atoms with Crippen LogP contribution in [0.2, 0.25) is 0 Å². The Balaban J connectivity index is 1.43. The molecule has 2 aliphatic rings. The lowest BCUT2D eigenvalue weighted by molar-refractivity contribution is -0.116. The van der Waals surface area contributed by atoms with Crippen LogP contribution in [0.25, 0.3) is 0 Å². The molecule has 5 nitrogen and oxygen atoms in total. The minimum absolute atomic E-state index is 0.0292. The van der Waals surface area contributed by atoms with Crippen molar-refractivity contribution in [2.24, 2.45) is 0 Å². The summed E-state index contributed by atoms with van der Waals surface area (Å²) in [5.74, 6) is 1.95. The number of nitrogens with one attached hydrogen (secondary N) is 1. The quantitative estimate of drug-likeness (QED) is 0.657. The van der Waals surface area contributed by atoms with Crippen LogP contribution in [0.5, 0.6) is 11.5 Å². The Bertz CT molecular complexity index is 865. The van der Waals surface area contributed by atoms with Gasteiger partial charge in [0.25, 0.3) is 0 Å². The number of hydrogen-bond donors (Lipinski definition) is 1. The van der Waals surface area contributed by atoms with Crippen molar-refractivity contribution >= 4 is 29.1 Å². The summed E-state index contributed by atoms with van der Waals surface area (Å²) >= 11 is 1.49. The molecule has 2 aromatic carbocycles. The second-order valence-electron chi connectivity index (χ2n) is 6.29. The number of hydrogen-bond acceptors (Lipinski definition) is 5. The lowest BCUT2D eigenvalue weighted by atomic mass is 9.99. The molecule has 0 spiro atoms. The maximum absolute atomic E-state index is 12.5. The summed E-state index contributed by atoms with van der Waals surface area (Å²) in [6.45, 7) is 1.31. The summed E-state index contributed by atoms with van der Waals surface area (Å²) in [4.78, 5) is 25.0. The number of amides is 1. The Morgan fingerprint density at radius 2 is 1.88 bits per heavy atom. The first-order valence-corrected chi connectivity index (χ1v) is 9.66. The van der Waals surface area contributed by atoms with Crippen LogP contribution in [0.4, 0.5) is 5.69 Å². The van der Waals surface area contributed by atoms with E-state index in [9.17, 15) is 9.59 Å². The Hall–Kier alpha value is -2.47. The number of fused-ring (bicyclic) bond motifs is 2. The molecule has 0 bridgehead atoms. The van der Waals surface area contributed by atoms with E-state index in [1.54, 1.807) is 6.07 Å². The number of rotatable bonds is 4. The van der Waals surface area contributed by atoms with Crippen LogP contribution < -0.4 is 14.8 Å². The van der Waals surface area contributed by atoms with Crippen molar-refractivity contribution in [3.05, 3.63) is 47.5 Å². The van der Waals surface area contributed by atoms with Gasteiger partial charge in [0.05, 0.1) is 19.0 Å². The monoisotopic (exact) mass is 369 g/mol. The molecule has 1 N–H and O–H groups in total. The molecule has 2 aliphatic heterocycles. The highest BCUT2D eigenvalue weighted by Crippen LogP contribution is 2.34. The van der Waals surface area contributed by atoms with Crippen LogP contribution >= 0.6 is 11.8 Å². The lowest BCUT2D eigenvalue weighted by Crippen LogP contribution is -2.19. The number of thioether (sulfide) groups is 1. The summed E-state index contributed by atoms with van der Waals surface area (Å²) in [5.41, 5.74) is 2.52. The first-order chi connectivity index (χ1) is 12.7. The molecule has 6 heteroatoms. The molecule has 0 atom stereocenters. The average Bonchev–Trinajstić information content (AvgIpc) is 2.90. The van der Waals surface area contributed by atoms with Gasteiger partial charge >= 0.3 is 0 Å². The molecule has 1 amide bonds. The second-order valence-corrected chi connectivity index (χ2v) is 7.34. The van der Waals surface area contributed by atoms with Crippen molar-refractivity contribution in [1.29, 1.82) is 0 Å². The fraction of sp³-hybridized carbons (Fsp3) is 0.300. The van der Waals surface area contributed by atoms with Gasteiger partial charge in [-0.3, -0.25) is 9.59 Å². The van der Waals surface area contributed by atoms with Crippen molar-refractivity contribution in [2.75, 3.05) is 24.3 Å². The SMILES string of the molecule is O=C1CCc2cc(C(=O)CSc3ccc4c(c3)OCCCO4)ccc2N1. The molecule has 4 rings (SSSR count). The van der Waals surface area contributed by atoms with E-state index in [1.807, 2.05) is 30.3 Å². The molecule has 0 radical (unpaired) electrons. The van der Waals surface area contributed by atoms with Gasteiger partial charge in [0.2, 0.25) is 5.91 Å². The molecule has 2 heterocycles. The summed E-state index contributed by atoms with van der Waals surface area (Å²) in [7, 11) is 0. The van der Waals surface area contributed by atoms with E-state index in [1.165, 1.54) is 11.8 Å². The van der Waals surface area contributed by atoms with Gasteiger partial charge in [0.15, 0.2) is 17.3 Å². The van der Waals surface area contributed by atoms with Gasteiger partial charge in [-0.15, -0.1) is 11.8 Å². The molecular formula is C20H19NO4S. The van der Waals surface area contributed by atoms with Crippen LogP contribution in [-0.4, -0.2) is 30.7 Å². The van der Waals surface area contributed by atoms with E-state index in [2.05, 4.69) is 5.32 Å². The summed E-state index contributed by atoms with van der Waals surface area (Å²) in [6.07, 6.45) is 2.02. The van der Waals surface area contributed by atoms with Crippen LogP contribution in [0.15, 0.2) is 41.3 Å². The predicted octanol–water partition coefficient (Wildman–Crippen LogP) is 3.71. The van der Waals surface area contributed by atoms with Crippen molar-refractivity contribution < 1.29 is 19.1 Å². The van der Waals surface area contributed by atoms with E-state index in [4.69, 9.17) is 9.47 Å². The van der Waals surface area contributed by atoms with E-state index < -0.39 is 0 Å². The van der Waals surface area contributed by atoms with Crippen LogP contribution in [0.1, 0.15) is 28.8 Å². The summed E-state index contributed by atoms with van der Waals surface area (Å²) < 4.78 is 11.3. The average molecular weight is 369 g/mol. The minimum atomic E-state index is 0.0292. The Morgan fingerprint density at radius 1 is 1.04 bits per heavy atom. The maximum atomic E-state index is 12.5. The molecule has 134 valence electrons. The third-order valence-electron chi connectivity index (χ3n) is 4.41. The van der Waals surface area contributed by atoms with E-state index in [0.717, 1.165) is 34.1 Å². The summed E-state index contributed by atoms with van der Waals surface area (Å²) in [6, 6.07) is 11.3. The van der Waals surface area contributed by atoms with E-state index in [0.29, 0.717) is 37.4 Å². The molecular weight excluding hydrogens is 350 g/mol. The summed E-state index contributed by atoms with van der Waals surface area (Å²) in [5, 5.41) is 2.84. The van der Waals surface area contributed by atoms with E-state index in [-0.39, 0.29) is 11.7 Å². The smallest absolute Gasteiger partial charge is 0.224 e. The Kier molecular flexibility index (Phi) is 4.84. The third kappa shape index (κ3) is 3.70. The highest BCUT2D eigenvalue weighted by atomic mass is 32.2. The predicted molar refractivity (Wildman–Crippen MR) is 100 cm³/mol. The van der Waals surface area contributed by atoms with Crippen LogP contribution in [0, 0.1) is 0 Å². The molecule has 2 aromatic rings. The second kappa shape index (κ2) is 7.41. The number of ether oxygens (including phenoxy) is 2. The zero-order valence-electron chi connectivity index (χ0n) is 14.2. The van der Waals surface area contributed by atoms with Gasteiger partial charge in [0.1, 0.15) is 0 Å². The van der Waals surface area contributed by atoms with Gasteiger partial charge in [-0.05, 0) is 48.4 Å². The van der Waals surface area contributed by atoms with Crippen molar-refractivity contribution in [2.45, 2.75) is 24.2 Å². The van der Waals surface area contributed by atoms with Gasteiger partial charge in [-0.2, -0.15) is 0 Å². The minimum Gasteiger partial charge on any atom is -0.490 e. The van der Waals surface area contributed by atoms with Crippen molar-refractivity contribution in [1.82, 2.24) is 0 Å². The zero-order chi connectivity index (χ0) is 17.9. The molecule has 0 fully saturated rings. The first-order valence-electron chi connectivity index (χ1n) is 8.67. The first kappa shape index (κ1) is 17.0. The number of ketones is 1. The van der Waals surface area contributed by atoms with Crippen LogP contribution in [0.3, 0.4) is 0 Å².